The number of benzene rings is 1. The standard InChI is InChI=1S/C11H14O4/c1-6-8(12)11(14-3)10-7(4-5-15-10)9(6)13-2/h12H,4-5H2,1-3H3. The molecule has 0 atom stereocenters. The largest absolute Gasteiger partial charge is 0.504 e. The van der Waals surface area contributed by atoms with Crippen LogP contribution in [0.15, 0.2) is 0 Å². The second-order valence-corrected chi connectivity index (χ2v) is 3.45. The molecule has 1 heterocycles. The van der Waals surface area contributed by atoms with Gasteiger partial charge in [0, 0.05) is 17.5 Å². The van der Waals surface area contributed by atoms with Gasteiger partial charge in [0.15, 0.2) is 11.5 Å². The molecule has 15 heavy (non-hydrogen) atoms. The zero-order valence-electron chi connectivity index (χ0n) is 9.09. The maximum absolute atomic E-state index is 9.89. The van der Waals surface area contributed by atoms with Crippen LogP contribution in [0, 0.1) is 6.92 Å². The second-order valence-electron chi connectivity index (χ2n) is 3.45. The molecule has 1 N–H and O–H groups in total. The second kappa shape index (κ2) is 3.53. The average Bonchev–Trinajstić information content (AvgIpc) is 2.69. The van der Waals surface area contributed by atoms with Crippen molar-refractivity contribution in [2.75, 3.05) is 20.8 Å². The third-order valence-corrected chi connectivity index (χ3v) is 2.67. The lowest BCUT2D eigenvalue weighted by atomic mass is 10.1. The van der Waals surface area contributed by atoms with Crippen molar-refractivity contribution >= 4 is 0 Å². The van der Waals surface area contributed by atoms with Gasteiger partial charge in [-0.3, -0.25) is 0 Å². The van der Waals surface area contributed by atoms with Gasteiger partial charge in [0.2, 0.25) is 5.75 Å². The average molecular weight is 210 g/mol. The summed E-state index contributed by atoms with van der Waals surface area (Å²) in [4.78, 5) is 0. The van der Waals surface area contributed by atoms with E-state index in [1.165, 1.54) is 7.11 Å². The van der Waals surface area contributed by atoms with E-state index in [9.17, 15) is 5.11 Å². The molecule has 0 aromatic heterocycles. The zero-order valence-corrected chi connectivity index (χ0v) is 9.09. The highest BCUT2D eigenvalue weighted by atomic mass is 16.5. The molecule has 4 nitrogen and oxygen atoms in total. The van der Waals surface area contributed by atoms with Crippen LogP contribution in [0.5, 0.6) is 23.0 Å². The molecule has 0 unspecified atom stereocenters. The maximum Gasteiger partial charge on any atom is 0.203 e. The molecule has 82 valence electrons. The van der Waals surface area contributed by atoms with Gasteiger partial charge in [-0.2, -0.15) is 0 Å². The van der Waals surface area contributed by atoms with Gasteiger partial charge in [-0.1, -0.05) is 0 Å². The molecule has 1 aromatic carbocycles. The van der Waals surface area contributed by atoms with Crippen molar-refractivity contribution in [2.45, 2.75) is 13.3 Å². The maximum atomic E-state index is 9.89. The number of ether oxygens (including phenoxy) is 3. The highest BCUT2D eigenvalue weighted by molar-refractivity contribution is 5.66. The van der Waals surface area contributed by atoms with E-state index >= 15 is 0 Å². The first-order valence-electron chi connectivity index (χ1n) is 4.79. The highest BCUT2D eigenvalue weighted by Gasteiger charge is 2.27. The van der Waals surface area contributed by atoms with Gasteiger partial charge < -0.3 is 19.3 Å². The Hall–Kier alpha value is -1.58. The van der Waals surface area contributed by atoms with E-state index in [2.05, 4.69) is 0 Å². The molecule has 0 saturated carbocycles. The number of phenolic OH excluding ortho intramolecular Hbond substituents is 1. The molecule has 1 aromatic rings. The predicted molar refractivity (Wildman–Crippen MR) is 55.1 cm³/mol. The Balaban J connectivity index is 2.72. The number of methoxy groups -OCH3 is 2. The van der Waals surface area contributed by atoms with Gasteiger partial charge >= 0.3 is 0 Å². The lowest BCUT2D eigenvalue weighted by Gasteiger charge is -2.15. The Morgan fingerprint density at radius 2 is 1.87 bits per heavy atom. The van der Waals surface area contributed by atoms with Gasteiger partial charge in [-0.15, -0.1) is 0 Å². The Morgan fingerprint density at radius 3 is 2.47 bits per heavy atom. The summed E-state index contributed by atoms with van der Waals surface area (Å²) in [6.07, 6.45) is 0.788. The Labute approximate surface area is 88.4 Å². The summed E-state index contributed by atoms with van der Waals surface area (Å²) in [6, 6.07) is 0. The summed E-state index contributed by atoms with van der Waals surface area (Å²) in [6.45, 7) is 2.40. The summed E-state index contributed by atoms with van der Waals surface area (Å²) in [5, 5.41) is 9.89. The van der Waals surface area contributed by atoms with Crippen LogP contribution in [0.25, 0.3) is 0 Å². The summed E-state index contributed by atoms with van der Waals surface area (Å²) in [7, 11) is 3.11. The fourth-order valence-electron chi connectivity index (χ4n) is 1.95. The van der Waals surface area contributed by atoms with Crippen molar-refractivity contribution < 1.29 is 19.3 Å². The minimum atomic E-state index is 0.0926. The molecular formula is C11H14O4. The monoisotopic (exact) mass is 210 g/mol. The van der Waals surface area contributed by atoms with Crippen LogP contribution in [0.2, 0.25) is 0 Å². The highest BCUT2D eigenvalue weighted by Crippen LogP contribution is 2.50. The summed E-state index contributed by atoms with van der Waals surface area (Å²) in [5.74, 6) is 1.80. The number of hydrogen-bond donors (Lipinski definition) is 1. The van der Waals surface area contributed by atoms with Crippen molar-refractivity contribution in [3.8, 4) is 23.0 Å². The molecule has 1 aliphatic heterocycles. The van der Waals surface area contributed by atoms with Gasteiger partial charge in [-0.05, 0) is 6.92 Å². The molecule has 0 fully saturated rings. The van der Waals surface area contributed by atoms with Crippen LogP contribution < -0.4 is 14.2 Å². The third-order valence-electron chi connectivity index (χ3n) is 2.67. The number of fused-ring (bicyclic) bond motifs is 1. The first-order valence-corrected chi connectivity index (χ1v) is 4.79. The van der Waals surface area contributed by atoms with Crippen LogP contribution in [0.4, 0.5) is 0 Å². The van der Waals surface area contributed by atoms with E-state index in [0.29, 0.717) is 29.4 Å². The van der Waals surface area contributed by atoms with Gasteiger partial charge in [0.05, 0.1) is 20.8 Å². The normalized spacial score (nSPS) is 13.3. The topological polar surface area (TPSA) is 47.9 Å². The third kappa shape index (κ3) is 1.28. The van der Waals surface area contributed by atoms with E-state index in [0.717, 1.165) is 12.0 Å². The van der Waals surface area contributed by atoms with E-state index in [-0.39, 0.29) is 5.75 Å². The predicted octanol–water partition coefficient (Wildman–Crippen LogP) is 1.65. The van der Waals surface area contributed by atoms with Crippen molar-refractivity contribution in [3.05, 3.63) is 11.1 Å². The number of aromatic hydroxyl groups is 1. The van der Waals surface area contributed by atoms with Gasteiger partial charge in [0.25, 0.3) is 0 Å². The SMILES string of the molecule is COc1c(C)c(O)c(OC)c2c1CCO2. The van der Waals surface area contributed by atoms with Crippen LogP contribution in [-0.2, 0) is 6.42 Å². The molecule has 1 aliphatic rings. The molecule has 2 rings (SSSR count). The van der Waals surface area contributed by atoms with Crippen LogP contribution >= 0.6 is 0 Å². The lowest BCUT2D eigenvalue weighted by Crippen LogP contribution is -1.96. The zero-order chi connectivity index (χ0) is 11.0. The minimum absolute atomic E-state index is 0.0926. The van der Waals surface area contributed by atoms with E-state index < -0.39 is 0 Å². The number of hydrogen-bond acceptors (Lipinski definition) is 4. The summed E-state index contributed by atoms with van der Waals surface area (Å²) >= 11 is 0. The van der Waals surface area contributed by atoms with Gasteiger partial charge in [0.1, 0.15) is 5.75 Å². The minimum Gasteiger partial charge on any atom is -0.504 e. The molecule has 4 heteroatoms. The number of phenols is 1. The quantitative estimate of drug-likeness (QED) is 0.806. The molecular weight excluding hydrogens is 196 g/mol. The Morgan fingerprint density at radius 1 is 1.20 bits per heavy atom. The molecule has 0 spiro atoms. The van der Waals surface area contributed by atoms with Crippen LogP contribution in [-0.4, -0.2) is 25.9 Å². The van der Waals surface area contributed by atoms with Crippen LogP contribution in [0.1, 0.15) is 11.1 Å². The Bertz CT molecular complexity index is 361. The van der Waals surface area contributed by atoms with E-state index in [4.69, 9.17) is 14.2 Å². The summed E-state index contributed by atoms with van der Waals surface area (Å²) in [5.41, 5.74) is 1.67. The van der Waals surface area contributed by atoms with E-state index in [1.54, 1.807) is 14.0 Å². The smallest absolute Gasteiger partial charge is 0.203 e. The Kier molecular flexibility index (Phi) is 2.34. The van der Waals surface area contributed by atoms with Crippen molar-refractivity contribution in [1.82, 2.24) is 0 Å². The van der Waals surface area contributed by atoms with Crippen molar-refractivity contribution in [3.63, 3.8) is 0 Å². The fraction of sp³-hybridized carbons (Fsp3) is 0.455. The fourth-order valence-corrected chi connectivity index (χ4v) is 1.95. The molecule has 0 bridgehead atoms. The van der Waals surface area contributed by atoms with Crippen molar-refractivity contribution in [2.24, 2.45) is 0 Å². The number of rotatable bonds is 2. The van der Waals surface area contributed by atoms with Crippen molar-refractivity contribution in [1.29, 1.82) is 0 Å². The summed E-state index contributed by atoms with van der Waals surface area (Å²) < 4.78 is 15.8. The first-order chi connectivity index (χ1) is 7.20. The van der Waals surface area contributed by atoms with Crippen LogP contribution in [0.3, 0.4) is 0 Å². The molecule has 0 aliphatic carbocycles. The van der Waals surface area contributed by atoms with E-state index in [1.807, 2.05) is 0 Å². The molecule has 0 radical (unpaired) electrons. The molecule has 0 saturated heterocycles. The molecule has 0 amide bonds. The first kappa shape index (κ1) is 9.96. The van der Waals surface area contributed by atoms with Gasteiger partial charge in [-0.25, -0.2) is 0 Å². The lowest BCUT2D eigenvalue weighted by molar-refractivity contribution is 0.311.